The molecule has 0 bridgehead atoms. The van der Waals surface area contributed by atoms with Gasteiger partial charge in [-0.15, -0.1) is 0 Å². The van der Waals surface area contributed by atoms with Gasteiger partial charge >= 0.3 is 0 Å². The molecule has 8 aromatic rings. The van der Waals surface area contributed by atoms with Crippen LogP contribution in [-0.4, -0.2) is 8.80 Å². The number of nitrogens with zero attached hydrogens (tertiary/aromatic N) is 2. The number of benzene rings is 5. The molecule has 2 nitrogen and oxygen atoms in total. The molecule has 0 fully saturated rings. The van der Waals surface area contributed by atoms with Crippen LogP contribution in [0.2, 0.25) is 5.02 Å². The van der Waals surface area contributed by atoms with Crippen molar-refractivity contribution in [2.75, 3.05) is 0 Å². The van der Waals surface area contributed by atoms with E-state index in [1.54, 1.807) is 0 Å². The molecule has 0 saturated carbocycles. The Balaban J connectivity index is 1.77. The van der Waals surface area contributed by atoms with Gasteiger partial charge in [0, 0.05) is 32.1 Å². The van der Waals surface area contributed by atoms with E-state index in [1.807, 2.05) is 12.1 Å². The van der Waals surface area contributed by atoms with E-state index in [0.717, 1.165) is 10.6 Å². The summed E-state index contributed by atoms with van der Waals surface area (Å²) in [6.45, 7) is 0. The second-order valence-electron chi connectivity index (χ2n) is 8.74. The molecule has 0 spiro atoms. The molecule has 3 heteroatoms. The van der Waals surface area contributed by atoms with Crippen molar-refractivity contribution in [3.63, 3.8) is 0 Å². The van der Waals surface area contributed by atoms with Gasteiger partial charge in [0.25, 0.3) is 0 Å². The minimum absolute atomic E-state index is 0.751. The van der Waals surface area contributed by atoms with Crippen LogP contribution in [0.5, 0.6) is 0 Å². The number of aromatic nitrogens is 2. The van der Waals surface area contributed by atoms with Gasteiger partial charge in [-0.05, 0) is 35.9 Å². The smallest absolute Gasteiger partial charge is 0.0789 e. The Bertz CT molecular complexity index is 2020. The first-order valence-electron chi connectivity index (χ1n) is 11.2. The molecule has 154 valence electrons. The van der Waals surface area contributed by atoms with Gasteiger partial charge in [0.2, 0.25) is 0 Å². The standard InChI is InChI=1S/C30H17ClN2/c31-19-14-12-18(13-15-19)20-8-5-11-27-28(20)33-26-10-4-2-7-22(26)24-17-16-23-21-6-1-3-9-25(21)32(27)29(23)30(24)33/h1-17H. The summed E-state index contributed by atoms with van der Waals surface area (Å²) in [7, 11) is 0. The highest BCUT2D eigenvalue weighted by molar-refractivity contribution is 6.30. The minimum atomic E-state index is 0.751. The Kier molecular flexibility index (Phi) is 3.22. The molecule has 0 aliphatic rings. The molecule has 8 rings (SSSR count). The third-order valence-electron chi connectivity index (χ3n) is 7.10. The number of hydrogen-bond acceptors (Lipinski definition) is 0. The number of fused-ring (bicyclic) bond motifs is 9. The normalized spacial score (nSPS) is 12.4. The van der Waals surface area contributed by atoms with Crippen LogP contribution in [0.3, 0.4) is 0 Å². The summed E-state index contributed by atoms with van der Waals surface area (Å²) in [6.07, 6.45) is 0. The fraction of sp³-hybridized carbons (Fsp3) is 0. The Morgan fingerprint density at radius 1 is 0.424 bits per heavy atom. The van der Waals surface area contributed by atoms with Crippen molar-refractivity contribution in [2.45, 2.75) is 0 Å². The third kappa shape index (κ3) is 2.10. The van der Waals surface area contributed by atoms with Gasteiger partial charge in [0.05, 0.1) is 33.1 Å². The lowest BCUT2D eigenvalue weighted by Gasteiger charge is -2.15. The van der Waals surface area contributed by atoms with Gasteiger partial charge in [0.1, 0.15) is 0 Å². The highest BCUT2D eigenvalue weighted by Crippen LogP contribution is 2.43. The van der Waals surface area contributed by atoms with Crippen LogP contribution >= 0.6 is 11.6 Å². The molecule has 0 N–H and O–H groups in total. The van der Waals surface area contributed by atoms with Crippen LogP contribution in [0.4, 0.5) is 0 Å². The van der Waals surface area contributed by atoms with Gasteiger partial charge < -0.3 is 8.80 Å². The molecule has 0 radical (unpaired) electrons. The Hall–Kier alpha value is -4.01. The number of hydrogen-bond donors (Lipinski definition) is 0. The lowest BCUT2D eigenvalue weighted by Crippen LogP contribution is -1.99. The number of halogens is 1. The lowest BCUT2D eigenvalue weighted by molar-refractivity contribution is 1.26. The molecule has 0 unspecified atom stereocenters. The van der Waals surface area contributed by atoms with Crippen molar-refractivity contribution in [3.05, 3.63) is 108 Å². The fourth-order valence-corrected chi connectivity index (χ4v) is 5.92. The monoisotopic (exact) mass is 440 g/mol. The summed E-state index contributed by atoms with van der Waals surface area (Å²) >= 11 is 6.23. The second-order valence-corrected chi connectivity index (χ2v) is 9.18. The number of rotatable bonds is 1. The van der Waals surface area contributed by atoms with E-state index in [9.17, 15) is 0 Å². The van der Waals surface area contributed by atoms with Crippen molar-refractivity contribution in [1.29, 1.82) is 0 Å². The Morgan fingerprint density at radius 2 is 1.00 bits per heavy atom. The van der Waals surface area contributed by atoms with Crippen molar-refractivity contribution in [2.24, 2.45) is 0 Å². The van der Waals surface area contributed by atoms with E-state index in [1.165, 1.54) is 60.2 Å². The summed E-state index contributed by atoms with van der Waals surface area (Å²) in [5, 5.41) is 5.91. The molecule has 0 amide bonds. The Labute approximate surface area is 194 Å². The maximum absolute atomic E-state index is 6.23. The highest BCUT2D eigenvalue weighted by Gasteiger charge is 2.22. The molecule has 0 aliphatic heterocycles. The first-order valence-corrected chi connectivity index (χ1v) is 11.5. The van der Waals surface area contributed by atoms with Gasteiger partial charge in [-0.1, -0.05) is 84.4 Å². The summed E-state index contributed by atoms with van der Waals surface area (Å²) in [4.78, 5) is 0. The van der Waals surface area contributed by atoms with Crippen molar-refractivity contribution in [3.8, 4) is 11.1 Å². The van der Waals surface area contributed by atoms with Gasteiger partial charge in [-0.2, -0.15) is 0 Å². The molecule has 33 heavy (non-hydrogen) atoms. The maximum atomic E-state index is 6.23. The number of para-hydroxylation sites is 3. The average molecular weight is 441 g/mol. The van der Waals surface area contributed by atoms with Crippen LogP contribution in [-0.2, 0) is 0 Å². The zero-order valence-corrected chi connectivity index (χ0v) is 18.3. The van der Waals surface area contributed by atoms with Crippen molar-refractivity contribution < 1.29 is 0 Å². The zero-order chi connectivity index (χ0) is 21.7. The topological polar surface area (TPSA) is 8.82 Å². The van der Waals surface area contributed by atoms with Crippen LogP contribution < -0.4 is 0 Å². The average Bonchev–Trinajstić information content (AvgIpc) is 3.38. The summed E-state index contributed by atoms with van der Waals surface area (Å²) in [5.74, 6) is 0. The Morgan fingerprint density at radius 3 is 1.70 bits per heavy atom. The fourth-order valence-electron chi connectivity index (χ4n) is 5.79. The van der Waals surface area contributed by atoms with Gasteiger partial charge in [-0.3, -0.25) is 0 Å². The highest BCUT2D eigenvalue weighted by atomic mass is 35.5. The molecule has 0 aliphatic carbocycles. The first kappa shape index (κ1) is 17.5. The zero-order valence-electron chi connectivity index (χ0n) is 17.6. The SMILES string of the molecule is Clc1ccc(-c2cccc3c2n2c4ccccc4c4ccc5c6ccccc6n3c5c42)cc1. The summed E-state index contributed by atoms with van der Waals surface area (Å²) in [6, 6.07) is 36.9. The van der Waals surface area contributed by atoms with Crippen LogP contribution in [0.1, 0.15) is 0 Å². The van der Waals surface area contributed by atoms with E-state index in [4.69, 9.17) is 11.6 Å². The van der Waals surface area contributed by atoms with Gasteiger partial charge in [0.15, 0.2) is 0 Å². The van der Waals surface area contributed by atoms with E-state index in [0.29, 0.717) is 0 Å². The largest absolute Gasteiger partial charge is 0.305 e. The predicted molar refractivity (Wildman–Crippen MR) is 140 cm³/mol. The lowest BCUT2D eigenvalue weighted by atomic mass is 10.0. The molecule has 5 aromatic carbocycles. The molecule has 3 heterocycles. The molecular formula is C30H17ClN2. The van der Waals surface area contributed by atoms with Crippen LogP contribution in [0.25, 0.3) is 65.8 Å². The first-order chi connectivity index (χ1) is 16.3. The second kappa shape index (κ2) is 6.06. The van der Waals surface area contributed by atoms with E-state index in [-0.39, 0.29) is 0 Å². The van der Waals surface area contributed by atoms with E-state index >= 15 is 0 Å². The third-order valence-corrected chi connectivity index (χ3v) is 7.36. The van der Waals surface area contributed by atoms with E-state index in [2.05, 4.69) is 99.8 Å². The van der Waals surface area contributed by atoms with Crippen molar-refractivity contribution >= 4 is 66.2 Å². The quantitative estimate of drug-likeness (QED) is 0.226. The molecule has 0 saturated heterocycles. The van der Waals surface area contributed by atoms with Crippen molar-refractivity contribution in [1.82, 2.24) is 8.80 Å². The van der Waals surface area contributed by atoms with Gasteiger partial charge in [-0.25, -0.2) is 0 Å². The van der Waals surface area contributed by atoms with Crippen LogP contribution in [0, 0.1) is 0 Å². The molecule has 0 atom stereocenters. The molecule has 3 aromatic heterocycles. The van der Waals surface area contributed by atoms with E-state index < -0.39 is 0 Å². The summed E-state index contributed by atoms with van der Waals surface area (Å²) in [5.41, 5.74) is 9.82. The van der Waals surface area contributed by atoms with Crippen LogP contribution in [0.15, 0.2) is 103 Å². The molecular weight excluding hydrogens is 424 g/mol. The minimum Gasteiger partial charge on any atom is -0.305 e. The maximum Gasteiger partial charge on any atom is 0.0789 e. The summed E-state index contributed by atoms with van der Waals surface area (Å²) < 4.78 is 4.94. The predicted octanol–water partition coefficient (Wildman–Crippen LogP) is 8.56.